The molecule has 0 N–H and O–H groups in total. The molecule has 2 fully saturated rings. The minimum Gasteiger partial charge on any atom is -0.271 e. The standard InChI is InChI=1S/C21H16N2O2/c24-20-17-12-14-6-4-5-9-16(14)18(13-10-11-13)22-19(17)21(25)23(20)15-7-2-1-3-8-15/h1-9,12-13,19H,10-11H2. The summed E-state index contributed by atoms with van der Waals surface area (Å²) in [7, 11) is 0. The molecule has 0 radical (unpaired) electrons. The number of carbonyl (C=O) groups excluding carboxylic acids is 2. The molecule has 2 amide bonds. The van der Waals surface area contributed by atoms with Crippen molar-refractivity contribution >= 4 is 29.3 Å². The molecule has 5 rings (SSSR count). The molecule has 1 atom stereocenters. The Morgan fingerprint density at radius 1 is 0.920 bits per heavy atom. The zero-order chi connectivity index (χ0) is 17.0. The van der Waals surface area contributed by atoms with Gasteiger partial charge in [0.25, 0.3) is 11.8 Å². The highest BCUT2D eigenvalue weighted by atomic mass is 16.2. The van der Waals surface area contributed by atoms with Crippen molar-refractivity contribution in [2.24, 2.45) is 10.9 Å². The SMILES string of the molecule is O=C1C2=Cc3ccccc3C(C3CC3)=NC2C(=O)N1c1ccccc1. The summed E-state index contributed by atoms with van der Waals surface area (Å²) in [5.74, 6) is -0.118. The number of nitrogens with zero attached hydrogens (tertiary/aromatic N) is 2. The monoisotopic (exact) mass is 328 g/mol. The van der Waals surface area contributed by atoms with Crippen molar-refractivity contribution in [1.82, 2.24) is 0 Å². The fourth-order valence-corrected chi connectivity index (χ4v) is 3.60. The van der Waals surface area contributed by atoms with E-state index in [2.05, 4.69) is 0 Å². The van der Waals surface area contributed by atoms with Gasteiger partial charge in [-0.15, -0.1) is 0 Å². The fraction of sp³-hybridized carbons (Fsp3) is 0.190. The largest absolute Gasteiger partial charge is 0.271 e. The Morgan fingerprint density at radius 3 is 2.40 bits per heavy atom. The van der Waals surface area contributed by atoms with Crippen molar-refractivity contribution < 1.29 is 9.59 Å². The van der Waals surface area contributed by atoms with Gasteiger partial charge < -0.3 is 0 Å². The maximum absolute atomic E-state index is 13.0. The Kier molecular flexibility index (Phi) is 3.01. The lowest BCUT2D eigenvalue weighted by atomic mass is 9.99. The van der Waals surface area contributed by atoms with E-state index < -0.39 is 6.04 Å². The van der Waals surface area contributed by atoms with Crippen molar-refractivity contribution in [3.05, 3.63) is 71.3 Å². The van der Waals surface area contributed by atoms with E-state index in [9.17, 15) is 9.59 Å². The van der Waals surface area contributed by atoms with Crippen molar-refractivity contribution in [1.29, 1.82) is 0 Å². The van der Waals surface area contributed by atoms with Crippen LogP contribution >= 0.6 is 0 Å². The van der Waals surface area contributed by atoms with Gasteiger partial charge in [0.2, 0.25) is 0 Å². The van der Waals surface area contributed by atoms with Gasteiger partial charge in [-0.1, -0.05) is 42.5 Å². The fourth-order valence-electron chi connectivity index (χ4n) is 3.60. The van der Waals surface area contributed by atoms with Gasteiger partial charge in [-0.2, -0.15) is 0 Å². The molecule has 3 aliphatic rings. The van der Waals surface area contributed by atoms with Crippen molar-refractivity contribution in [3.63, 3.8) is 0 Å². The molecule has 1 saturated heterocycles. The van der Waals surface area contributed by atoms with Crippen molar-refractivity contribution in [2.45, 2.75) is 18.9 Å². The molecule has 2 aromatic carbocycles. The normalized spacial score (nSPS) is 22.1. The number of fused-ring (bicyclic) bond motifs is 2. The number of hydrogen-bond acceptors (Lipinski definition) is 3. The lowest BCUT2D eigenvalue weighted by Gasteiger charge is -2.14. The zero-order valence-corrected chi connectivity index (χ0v) is 13.6. The summed E-state index contributed by atoms with van der Waals surface area (Å²) in [6, 6.07) is 16.3. The molecule has 0 bridgehead atoms. The Labute approximate surface area is 145 Å². The Balaban J connectivity index is 1.68. The molecule has 2 aromatic rings. The molecule has 2 heterocycles. The van der Waals surface area contributed by atoms with E-state index in [0.29, 0.717) is 17.2 Å². The van der Waals surface area contributed by atoms with Crippen LogP contribution in [0.1, 0.15) is 24.0 Å². The average molecular weight is 328 g/mol. The van der Waals surface area contributed by atoms with Crippen LogP contribution < -0.4 is 4.90 Å². The maximum atomic E-state index is 13.0. The number of hydrogen-bond donors (Lipinski definition) is 0. The number of amides is 2. The van der Waals surface area contributed by atoms with Crippen LogP contribution in [0.3, 0.4) is 0 Å². The third-order valence-electron chi connectivity index (χ3n) is 4.99. The van der Waals surface area contributed by atoms with Crippen LogP contribution in [0, 0.1) is 5.92 Å². The summed E-state index contributed by atoms with van der Waals surface area (Å²) < 4.78 is 0. The minimum atomic E-state index is -0.726. The summed E-state index contributed by atoms with van der Waals surface area (Å²) in [6.07, 6.45) is 4.04. The third-order valence-corrected chi connectivity index (χ3v) is 4.99. The van der Waals surface area contributed by atoms with Crippen LogP contribution in [-0.4, -0.2) is 23.6 Å². The van der Waals surface area contributed by atoms with Crippen LogP contribution in [-0.2, 0) is 9.59 Å². The predicted octanol–water partition coefficient (Wildman–Crippen LogP) is 3.22. The summed E-state index contributed by atoms with van der Waals surface area (Å²) in [5, 5.41) is 0. The number of para-hydroxylation sites is 1. The van der Waals surface area contributed by atoms with Gasteiger partial charge >= 0.3 is 0 Å². The number of benzene rings is 2. The summed E-state index contributed by atoms with van der Waals surface area (Å²) >= 11 is 0. The van der Waals surface area contributed by atoms with Gasteiger partial charge in [0.05, 0.1) is 11.3 Å². The zero-order valence-electron chi connectivity index (χ0n) is 13.6. The maximum Gasteiger partial charge on any atom is 0.263 e. The average Bonchev–Trinajstić information content (AvgIpc) is 3.45. The first-order valence-electron chi connectivity index (χ1n) is 8.56. The quantitative estimate of drug-likeness (QED) is 0.795. The van der Waals surface area contributed by atoms with E-state index in [1.54, 1.807) is 12.1 Å². The van der Waals surface area contributed by atoms with Gasteiger partial charge in [-0.25, -0.2) is 4.90 Å². The summed E-state index contributed by atoms with van der Waals surface area (Å²) in [5.41, 5.74) is 4.07. The third kappa shape index (κ3) is 2.18. The Hall–Kier alpha value is -3.01. The van der Waals surface area contributed by atoms with Gasteiger partial charge in [-0.3, -0.25) is 14.6 Å². The number of carbonyl (C=O) groups is 2. The highest BCUT2D eigenvalue weighted by molar-refractivity contribution is 6.33. The van der Waals surface area contributed by atoms with Gasteiger partial charge in [0.1, 0.15) is 0 Å². The van der Waals surface area contributed by atoms with Crippen LogP contribution in [0.4, 0.5) is 5.69 Å². The number of rotatable bonds is 2. The molecule has 122 valence electrons. The molecule has 4 heteroatoms. The van der Waals surface area contributed by atoms with E-state index >= 15 is 0 Å². The highest BCUT2D eigenvalue weighted by Crippen LogP contribution is 2.39. The predicted molar refractivity (Wildman–Crippen MR) is 96.4 cm³/mol. The molecule has 1 unspecified atom stereocenters. The van der Waals surface area contributed by atoms with Crippen molar-refractivity contribution in [3.8, 4) is 0 Å². The molecule has 2 aliphatic heterocycles. The van der Waals surface area contributed by atoms with E-state index in [4.69, 9.17) is 4.99 Å². The van der Waals surface area contributed by atoms with E-state index in [1.807, 2.05) is 48.5 Å². The second-order valence-corrected chi connectivity index (χ2v) is 6.69. The van der Waals surface area contributed by atoms with E-state index in [1.165, 1.54) is 4.90 Å². The summed E-state index contributed by atoms with van der Waals surface area (Å²) in [6.45, 7) is 0. The van der Waals surface area contributed by atoms with Gasteiger partial charge in [-0.05, 0) is 36.6 Å². The van der Waals surface area contributed by atoms with Gasteiger partial charge in [0, 0.05) is 17.2 Å². The first-order chi connectivity index (χ1) is 12.2. The second-order valence-electron chi connectivity index (χ2n) is 6.69. The summed E-state index contributed by atoms with van der Waals surface area (Å²) in [4.78, 5) is 32.0. The van der Waals surface area contributed by atoms with E-state index in [-0.39, 0.29) is 11.8 Å². The molecule has 1 saturated carbocycles. The number of anilines is 1. The Morgan fingerprint density at radius 2 is 1.64 bits per heavy atom. The van der Waals surface area contributed by atoms with Crippen LogP contribution in [0.2, 0.25) is 0 Å². The first-order valence-corrected chi connectivity index (χ1v) is 8.56. The lowest BCUT2D eigenvalue weighted by Crippen LogP contribution is -2.31. The van der Waals surface area contributed by atoms with E-state index in [0.717, 1.165) is 29.7 Å². The molecule has 25 heavy (non-hydrogen) atoms. The van der Waals surface area contributed by atoms with Crippen molar-refractivity contribution in [2.75, 3.05) is 4.90 Å². The van der Waals surface area contributed by atoms with Gasteiger partial charge in [0.15, 0.2) is 6.04 Å². The molecular weight excluding hydrogens is 312 g/mol. The lowest BCUT2D eigenvalue weighted by molar-refractivity contribution is -0.121. The smallest absolute Gasteiger partial charge is 0.263 e. The molecule has 1 aliphatic carbocycles. The van der Waals surface area contributed by atoms with Crippen LogP contribution in [0.5, 0.6) is 0 Å². The highest BCUT2D eigenvalue weighted by Gasteiger charge is 2.46. The second kappa shape index (κ2) is 5.24. The molecule has 0 aromatic heterocycles. The van der Waals surface area contributed by atoms with Crippen LogP contribution in [0.25, 0.3) is 6.08 Å². The Bertz CT molecular complexity index is 955. The minimum absolute atomic E-state index is 0.256. The molecular formula is C21H16N2O2. The van der Waals surface area contributed by atoms with Crippen LogP contribution in [0.15, 0.2) is 65.2 Å². The number of imide groups is 1. The molecule has 0 spiro atoms. The molecule has 4 nitrogen and oxygen atoms in total. The first kappa shape index (κ1) is 14.3. The number of aliphatic imine (C=N–C) groups is 1. The topological polar surface area (TPSA) is 49.7 Å².